The minimum Gasteiger partial charge on any atom is -0.444 e. The van der Waals surface area contributed by atoms with Gasteiger partial charge in [-0.15, -0.1) is 0 Å². The smallest absolute Gasteiger partial charge is 0.408 e. The second-order valence-electron chi connectivity index (χ2n) is 6.21. The molecule has 4 nitrogen and oxygen atoms in total. The third-order valence-electron chi connectivity index (χ3n) is 3.14. The summed E-state index contributed by atoms with van der Waals surface area (Å²) in [5.74, 6) is 0.838. The molecular weight excluding hydrogens is 218 g/mol. The molecular formula is C13H23NO3. The number of carbonyl (C=O) groups excluding carboxylic acids is 2. The lowest BCUT2D eigenvalue weighted by Crippen LogP contribution is -2.42. The van der Waals surface area contributed by atoms with Gasteiger partial charge >= 0.3 is 6.09 Å². The minimum atomic E-state index is -0.505. The second-order valence-corrected chi connectivity index (χ2v) is 6.21. The zero-order chi connectivity index (χ0) is 13.3. The van der Waals surface area contributed by atoms with Crippen molar-refractivity contribution in [1.29, 1.82) is 0 Å². The molecule has 1 N–H and O–H groups in total. The number of hydrogen-bond donors (Lipinski definition) is 1. The maximum atomic E-state index is 11.7. The zero-order valence-corrected chi connectivity index (χ0v) is 11.4. The molecule has 4 heteroatoms. The average Bonchev–Trinajstić information content (AvgIpc) is 2.75. The van der Waals surface area contributed by atoms with Crippen molar-refractivity contribution in [3.63, 3.8) is 0 Å². The fourth-order valence-electron chi connectivity index (χ4n) is 2.29. The van der Waals surface area contributed by atoms with Gasteiger partial charge in [0.1, 0.15) is 11.9 Å². The molecule has 1 aliphatic rings. The highest BCUT2D eigenvalue weighted by Gasteiger charge is 2.56. The summed E-state index contributed by atoms with van der Waals surface area (Å²) in [6.07, 6.45) is 1.68. The maximum absolute atomic E-state index is 11.7. The lowest BCUT2D eigenvalue weighted by atomic mass is 10.0. The van der Waals surface area contributed by atoms with Crippen LogP contribution >= 0.6 is 0 Å². The van der Waals surface area contributed by atoms with Crippen LogP contribution in [0.2, 0.25) is 0 Å². The van der Waals surface area contributed by atoms with Crippen LogP contribution in [0.25, 0.3) is 0 Å². The Labute approximate surface area is 103 Å². The molecule has 0 aromatic carbocycles. The van der Waals surface area contributed by atoms with E-state index in [0.29, 0.717) is 18.3 Å². The fourth-order valence-corrected chi connectivity index (χ4v) is 2.29. The van der Waals surface area contributed by atoms with Crippen molar-refractivity contribution in [1.82, 2.24) is 5.32 Å². The molecule has 1 fully saturated rings. The number of hydrogen-bond acceptors (Lipinski definition) is 3. The number of rotatable bonds is 4. The van der Waals surface area contributed by atoms with Crippen molar-refractivity contribution in [2.45, 2.75) is 58.6 Å². The van der Waals surface area contributed by atoms with Gasteiger partial charge in [0, 0.05) is 6.42 Å². The molecule has 1 amide bonds. The predicted octanol–water partition coefficient (Wildman–Crippen LogP) is 2.51. The summed E-state index contributed by atoms with van der Waals surface area (Å²) in [5.41, 5.74) is -0.868. The maximum Gasteiger partial charge on any atom is 0.408 e. The van der Waals surface area contributed by atoms with Crippen LogP contribution in [-0.4, -0.2) is 23.5 Å². The Morgan fingerprint density at radius 2 is 2.12 bits per heavy atom. The van der Waals surface area contributed by atoms with Gasteiger partial charge in [-0.2, -0.15) is 0 Å². The summed E-state index contributed by atoms with van der Waals surface area (Å²) in [6, 6.07) is 0. The first-order valence-electron chi connectivity index (χ1n) is 6.15. The van der Waals surface area contributed by atoms with Gasteiger partial charge < -0.3 is 14.8 Å². The van der Waals surface area contributed by atoms with E-state index >= 15 is 0 Å². The number of alkyl carbamates (subject to hydrolysis) is 1. The van der Waals surface area contributed by atoms with Crippen LogP contribution in [0.3, 0.4) is 0 Å². The van der Waals surface area contributed by atoms with Crippen LogP contribution < -0.4 is 5.32 Å². The highest BCUT2D eigenvalue weighted by Crippen LogP contribution is 2.50. The van der Waals surface area contributed by atoms with Crippen molar-refractivity contribution in [2.75, 3.05) is 0 Å². The monoisotopic (exact) mass is 241 g/mol. The second kappa shape index (κ2) is 4.67. The summed E-state index contributed by atoms with van der Waals surface area (Å²) in [6.45, 7) is 9.69. The standard InChI is InChI=1S/C13H23NO3/c1-9(2)10-8-13(10,6-7-15)14-11(16)17-12(3,4)5/h7,9-10H,6,8H2,1-5H3,(H,14,16). The molecule has 0 aliphatic heterocycles. The first-order chi connectivity index (χ1) is 7.70. The normalized spacial score (nSPS) is 27.8. The summed E-state index contributed by atoms with van der Waals surface area (Å²) in [7, 11) is 0. The Kier molecular flexibility index (Phi) is 3.84. The van der Waals surface area contributed by atoms with Gasteiger partial charge in [0.2, 0.25) is 0 Å². The van der Waals surface area contributed by atoms with E-state index in [2.05, 4.69) is 19.2 Å². The van der Waals surface area contributed by atoms with Crippen LogP contribution in [0.1, 0.15) is 47.5 Å². The van der Waals surface area contributed by atoms with Gasteiger partial charge in [0.15, 0.2) is 0 Å². The van der Waals surface area contributed by atoms with E-state index in [0.717, 1.165) is 12.7 Å². The zero-order valence-electron chi connectivity index (χ0n) is 11.4. The SMILES string of the molecule is CC(C)C1CC1(CC=O)NC(=O)OC(C)(C)C. The number of ether oxygens (including phenoxy) is 1. The Hall–Kier alpha value is -1.06. The summed E-state index contributed by atoms with van der Waals surface area (Å²) in [4.78, 5) is 22.4. The molecule has 0 saturated heterocycles. The van der Waals surface area contributed by atoms with E-state index in [4.69, 9.17) is 4.74 Å². The summed E-state index contributed by atoms with van der Waals surface area (Å²) >= 11 is 0. The molecule has 17 heavy (non-hydrogen) atoms. The van der Waals surface area contributed by atoms with Gasteiger partial charge in [0.05, 0.1) is 5.54 Å². The highest BCUT2D eigenvalue weighted by atomic mass is 16.6. The lowest BCUT2D eigenvalue weighted by molar-refractivity contribution is -0.108. The first-order valence-corrected chi connectivity index (χ1v) is 6.15. The Bertz CT molecular complexity index is 306. The molecule has 0 aromatic heterocycles. The van der Waals surface area contributed by atoms with Crippen LogP contribution in [0, 0.1) is 11.8 Å². The number of nitrogens with one attached hydrogen (secondary N) is 1. The lowest BCUT2D eigenvalue weighted by Gasteiger charge is -2.24. The van der Waals surface area contributed by atoms with Crippen LogP contribution in [0.5, 0.6) is 0 Å². The highest BCUT2D eigenvalue weighted by molar-refractivity contribution is 5.71. The van der Waals surface area contributed by atoms with Gasteiger partial charge in [-0.3, -0.25) is 0 Å². The average molecular weight is 241 g/mol. The first kappa shape index (κ1) is 14.0. The molecule has 0 aromatic rings. The fraction of sp³-hybridized carbons (Fsp3) is 0.846. The Morgan fingerprint density at radius 1 is 1.53 bits per heavy atom. The van der Waals surface area contributed by atoms with E-state index in [9.17, 15) is 9.59 Å². The molecule has 98 valence electrons. The van der Waals surface area contributed by atoms with Crippen molar-refractivity contribution in [3.8, 4) is 0 Å². The largest absolute Gasteiger partial charge is 0.444 e. The van der Waals surface area contributed by atoms with Crippen molar-refractivity contribution in [2.24, 2.45) is 11.8 Å². The van der Waals surface area contributed by atoms with E-state index in [-0.39, 0.29) is 5.54 Å². The Morgan fingerprint density at radius 3 is 2.47 bits per heavy atom. The number of carbonyl (C=O) groups is 2. The molecule has 1 saturated carbocycles. The van der Waals surface area contributed by atoms with Crippen LogP contribution in [-0.2, 0) is 9.53 Å². The third kappa shape index (κ3) is 3.72. The van der Waals surface area contributed by atoms with Crippen molar-refractivity contribution < 1.29 is 14.3 Å². The molecule has 0 bridgehead atoms. The summed E-state index contributed by atoms with van der Waals surface area (Å²) in [5, 5.41) is 2.86. The molecule has 0 spiro atoms. The Balaban J connectivity index is 2.58. The molecule has 2 unspecified atom stereocenters. The number of amides is 1. The third-order valence-corrected chi connectivity index (χ3v) is 3.14. The van der Waals surface area contributed by atoms with Crippen molar-refractivity contribution in [3.05, 3.63) is 0 Å². The van der Waals surface area contributed by atoms with Crippen molar-refractivity contribution >= 4 is 12.4 Å². The van der Waals surface area contributed by atoms with Crippen LogP contribution in [0.15, 0.2) is 0 Å². The van der Waals surface area contributed by atoms with E-state index in [1.54, 1.807) is 0 Å². The molecule has 0 heterocycles. The van der Waals surface area contributed by atoms with E-state index in [1.165, 1.54) is 0 Å². The molecule has 1 rings (SSSR count). The van der Waals surface area contributed by atoms with E-state index in [1.807, 2.05) is 20.8 Å². The van der Waals surface area contributed by atoms with Gasteiger partial charge in [-0.25, -0.2) is 4.79 Å². The van der Waals surface area contributed by atoms with E-state index < -0.39 is 11.7 Å². The molecule has 1 aliphatic carbocycles. The van der Waals surface area contributed by atoms with Gasteiger partial charge in [-0.05, 0) is 39.0 Å². The molecule has 0 radical (unpaired) electrons. The molecule has 2 atom stereocenters. The van der Waals surface area contributed by atoms with Crippen LogP contribution in [0.4, 0.5) is 4.79 Å². The quantitative estimate of drug-likeness (QED) is 0.769. The minimum absolute atomic E-state index is 0.363. The number of aldehydes is 1. The summed E-state index contributed by atoms with van der Waals surface area (Å²) < 4.78 is 5.22. The van der Waals surface area contributed by atoms with Gasteiger partial charge in [0.25, 0.3) is 0 Å². The topological polar surface area (TPSA) is 55.4 Å². The predicted molar refractivity (Wildman–Crippen MR) is 65.7 cm³/mol. The van der Waals surface area contributed by atoms with Gasteiger partial charge in [-0.1, -0.05) is 13.8 Å².